The number of methoxy groups -OCH3 is 3. The number of carbonyl (C=O) groups is 1. The number of nitrogens with one attached hydrogen (secondary N) is 1. The van der Waals surface area contributed by atoms with Crippen molar-refractivity contribution in [2.75, 3.05) is 21.3 Å². The summed E-state index contributed by atoms with van der Waals surface area (Å²) in [6, 6.07) is 9.07. The van der Waals surface area contributed by atoms with E-state index in [1.807, 2.05) is 0 Å². The molecule has 0 heterocycles. The molecule has 0 aliphatic heterocycles. The molecule has 0 atom stereocenters. The molecule has 0 aliphatic carbocycles. The summed E-state index contributed by atoms with van der Waals surface area (Å²) < 4.78 is 38.5. The zero-order valence-electron chi connectivity index (χ0n) is 14.6. The van der Waals surface area contributed by atoms with Gasteiger partial charge in [-0.3, -0.25) is 4.79 Å². The summed E-state index contributed by atoms with van der Waals surface area (Å²) in [5, 5.41) is 7.82. The van der Waals surface area contributed by atoms with Crippen LogP contribution in [-0.4, -0.2) is 35.7 Å². The lowest BCUT2D eigenvalue weighted by molar-refractivity contribution is 0.0947. The van der Waals surface area contributed by atoms with Crippen molar-refractivity contribution in [3.63, 3.8) is 0 Å². The molecule has 3 N–H and O–H groups in total. The lowest BCUT2D eigenvalue weighted by atomic mass is 10.1. The number of ether oxygens (including phenoxy) is 3. The van der Waals surface area contributed by atoms with Crippen LogP contribution < -0.4 is 24.7 Å². The summed E-state index contributed by atoms with van der Waals surface area (Å²) in [5.74, 6) is 0.850. The van der Waals surface area contributed by atoms with Gasteiger partial charge in [0.05, 0.1) is 31.8 Å². The molecular weight excluding hydrogens is 360 g/mol. The Kier molecular flexibility index (Phi) is 6.06. The van der Waals surface area contributed by atoms with Gasteiger partial charge in [0, 0.05) is 6.54 Å². The first-order chi connectivity index (χ1) is 12.3. The van der Waals surface area contributed by atoms with Gasteiger partial charge < -0.3 is 19.5 Å². The van der Waals surface area contributed by atoms with Gasteiger partial charge in [0.1, 0.15) is 5.75 Å². The molecule has 2 rings (SSSR count). The summed E-state index contributed by atoms with van der Waals surface area (Å²) in [6.45, 7) is 0.196. The van der Waals surface area contributed by atoms with E-state index in [1.54, 1.807) is 18.2 Å². The standard InChI is InChI=1S/C17H20N2O6S/c1-23-14-7-5-12(26(18,21)22)9-13(14)17(20)19-10-11-4-6-15(24-2)16(8-11)25-3/h4-9H,10H2,1-3H3,(H,19,20)(H2,18,21,22). The summed E-state index contributed by atoms with van der Waals surface area (Å²) in [7, 11) is 0.502. The number of sulfonamides is 1. The second kappa shape index (κ2) is 8.07. The number of primary sulfonamides is 1. The number of benzene rings is 2. The highest BCUT2D eigenvalue weighted by atomic mass is 32.2. The Labute approximate surface area is 151 Å². The van der Waals surface area contributed by atoms with Crippen LogP contribution in [0.3, 0.4) is 0 Å². The molecule has 26 heavy (non-hydrogen) atoms. The Balaban J connectivity index is 2.22. The van der Waals surface area contributed by atoms with E-state index >= 15 is 0 Å². The second-order valence-electron chi connectivity index (χ2n) is 5.28. The van der Waals surface area contributed by atoms with Crippen molar-refractivity contribution in [3.8, 4) is 17.2 Å². The number of hydrogen-bond acceptors (Lipinski definition) is 6. The van der Waals surface area contributed by atoms with Crippen LogP contribution in [0.25, 0.3) is 0 Å². The maximum atomic E-state index is 12.5. The highest BCUT2D eigenvalue weighted by Gasteiger charge is 2.17. The van der Waals surface area contributed by atoms with Gasteiger partial charge in [0.25, 0.3) is 5.91 Å². The summed E-state index contributed by atoms with van der Waals surface area (Å²) >= 11 is 0. The van der Waals surface area contributed by atoms with Crippen molar-refractivity contribution >= 4 is 15.9 Å². The van der Waals surface area contributed by atoms with E-state index in [-0.39, 0.29) is 22.8 Å². The Morgan fingerprint density at radius 3 is 2.15 bits per heavy atom. The maximum absolute atomic E-state index is 12.5. The lowest BCUT2D eigenvalue weighted by Crippen LogP contribution is -2.24. The Bertz CT molecular complexity index is 911. The molecule has 0 aliphatic rings. The molecule has 0 aromatic heterocycles. The average Bonchev–Trinajstić information content (AvgIpc) is 2.64. The molecule has 0 spiro atoms. The predicted molar refractivity (Wildman–Crippen MR) is 95.1 cm³/mol. The first-order valence-electron chi connectivity index (χ1n) is 7.50. The van der Waals surface area contributed by atoms with Crippen LogP contribution in [-0.2, 0) is 16.6 Å². The monoisotopic (exact) mass is 380 g/mol. The fraction of sp³-hybridized carbons (Fsp3) is 0.235. The molecule has 0 unspecified atom stereocenters. The zero-order chi connectivity index (χ0) is 19.3. The van der Waals surface area contributed by atoms with Gasteiger partial charge in [-0.2, -0.15) is 0 Å². The van der Waals surface area contributed by atoms with E-state index < -0.39 is 15.9 Å². The normalized spacial score (nSPS) is 10.9. The van der Waals surface area contributed by atoms with Crippen molar-refractivity contribution in [2.45, 2.75) is 11.4 Å². The van der Waals surface area contributed by atoms with E-state index in [0.717, 1.165) is 5.56 Å². The van der Waals surface area contributed by atoms with Gasteiger partial charge in [-0.25, -0.2) is 13.6 Å². The quantitative estimate of drug-likeness (QED) is 0.747. The first kappa shape index (κ1) is 19.5. The minimum Gasteiger partial charge on any atom is -0.496 e. The van der Waals surface area contributed by atoms with Crippen molar-refractivity contribution < 1.29 is 27.4 Å². The second-order valence-corrected chi connectivity index (χ2v) is 6.84. The van der Waals surface area contributed by atoms with Gasteiger partial charge in [-0.1, -0.05) is 6.07 Å². The predicted octanol–water partition coefficient (Wildman–Crippen LogP) is 1.29. The minimum absolute atomic E-state index is 0.0690. The first-order valence-corrected chi connectivity index (χ1v) is 9.04. The molecule has 8 nitrogen and oxygen atoms in total. The largest absolute Gasteiger partial charge is 0.496 e. The molecule has 0 saturated heterocycles. The smallest absolute Gasteiger partial charge is 0.255 e. The van der Waals surface area contributed by atoms with Crippen LogP contribution in [0, 0.1) is 0 Å². The van der Waals surface area contributed by atoms with E-state index in [0.29, 0.717) is 11.5 Å². The molecular formula is C17H20N2O6S. The zero-order valence-corrected chi connectivity index (χ0v) is 15.4. The van der Waals surface area contributed by atoms with Crippen molar-refractivity contribution in [2.24, 2.45) is 5.14 Å². The van der Waals surface area contributed by atoms with Gasteiger partial charge in [-0.05, 0) is 35.9 Å². The fourth-order valence-electron chi connectivity index (χ4n) is 2.31. The van der Waals surface area contributed by atoms with Crippen molar-refractivity contribution in [1.82, 2.24) is 5.32 Å². The van der Waals surface area contributed by atoms with E-state index in [9.17, 15) is 13.2 Å². The van der Waals surface area contributed by atoms with Crippen LogP contribution in [0.5, 0.6) is 17.2 Å². The van der Waals surface area contributed by atoms with E-state index in [4.69, 9.17) is 19.3 Å². The highest BCUT2D eigenvalue weighted by Crippen LogP contribution is 2.27. The SMILES string of the molecule is COc1ccc(CNC(=O)c2cc(S(N)(=O)=O)ccc2OC)cc1OC. The number of nitrogens with two attached hydrogens (primary N) is 1. The third-order valence-corrected chi connectivity index (χ3v) is 4.56. The fourth-order valence-corrected chi connectivity index (χ4v) is 2.85. The molecule has 0 fully saturated rings. The number of carbonyl (C=O) groups excluding carboxylic acids is 1. The average molecular weight is 380 g/mol. The summed E-state index contributed by atoms with van der Waals surface area (Å²) in [4.78, 5) is 12.3. The highest BCUT2D eigenvalue weighted by molar-refractivity contribution is 7.89. The van der Waals surface area contributed by atoms with Gasteiger partial charge in [-0.15, -0.1) is 0 Å². The Morgan fingerprint density at radius 1 is 0.962 bits per heavy atom. The number of rotatable bonds is 7. The van der Waals surface area contributed by atoms with Crippen molar-refractivity contribution in [3.05, 3.63) is 47.5 Å². The Hall–Kier alpha value is -2.78. The minimum atomic E-state index is -3.93. The molecule has 0 radical (unpaired) electrons. The van der Waals surface area contributed by atoms with Gasteiger partial charge in [0.15, 0.2) is 11.5 Å². The van der Waals surface area contributed by atoms with Gasteiger partial charge in [0.2, 0.25) is 10.0 Å². The molecule has 140 valence electrons. The third kappa shape index (κ3) is 4.44. The topological polar surface area (TPSA) is 117 Å². The van der Waals surface area contributed by atoms with Crippen LogP contribution in [0.1, 0.15) is 15.9 Å². The van der Waals surface area contributed by atoms with Crippen LogP contribution in [0.15, 0.2) is 41.3 Å². The van der Waals surface area contributed by atoms with Crippen LogP contribution >= 0.6 is 0 Å². The lowest BCUT2D eigenvalue weighted by Gasteiger charge is -2.12. The maximum Gasteiger partial charge on any atom is 0.255 e. The van der Waals surface area contributed by atoms with Gasteiger partial charge >= 0.3 is 0 Å². The molecule has 1 amide bonds. The summed E-state index contributed by atoms with van der Waals surface area (Å²) in [5.41, 5.74) is 0.845. The summed E-state index contributed by atoms with van der Waals surface area (Å²) in [6.07, 6.45) is 0. The Morgan fingerprint density at radius 2 is 1.58 bits per heavy atom. The number of hydrogen-bond donors (Lipinski definition) is 2. The molecule has 9 heteroatoms. The number of amides is 1. The van der Waals surface area contributed by atoms with Crippen LogP contribution in [0.2, 0.25) is 0 Å². The van der Waals surface area contributed by atoms with Crippen molar-refractivity contribution in [1.29, 1.82) is 0 Å². The van der Waals surface area contributed by atoms with E-state index in [1.165, 1.54) is 39.5 Å². The molecule has 0 saturated carbocycles. The molecule has 2 aromatic rings. The van der Waals surface area contributed by atoms with Crippen LogP contribution in [0.4, 0.5) is 0 Å². The molecule has 2 aromatic carbocycles. The molecule has 0 bridgehead atoms. The van der Waals surface area contributed by atoms with E-state index in [2.05, 4.69) is 5.32 Å². The third-order valence-electron chi connectivity index (χ3n) is 3.65.